The normalized spacial score (nSPS) is 34.2. The molecule has 0 bridgehead atoms. The summed E-state index contributed by atoms with van der Waals surface area (Å²) in [5.74, 6) is -0.411. The van der Waals surface area contributed by atoms with Crippen LogP contribution in [0.5, 0.6) is 0 Å². The van der Waals surface area contributed by atoms with Crippen molar-refractivity contribution in [1.82, 2.24) is 0 Å². The van der Waals surface area contributed by atoms with Crippen LogP contribution >= 0.6 is 11.8 Å². The first-order chi connectivity index (χ1) is 8.91. The van der Waals surface area contributed by atoms with Crippen LogP contribution in [0.3, 0.4) is 0 Å². The number of hydrogen-bond donors (Lipinski definition) is 1. The fourth-order valence-corrected chi connectivity index (χ4v) is 3.34. The molecule has 4 atom stereocenters. The Bertz CT molecular complexity index is 446. The van der Waals surface area contributed by atoms with Crippen molar-refractivity contribution >= 4 is 17.7 Å². The van der Waals surface area contributed by atoms with E-state index in [1.165, 1.54) is 18.7 Å². The highest BCUT2D eigenvalue weighted by Gasteiger charge is 2.53. The van der Waals surface area contributed by atoms with Gasteiger partial charge in [0.15, 0.2) is 6.10 Å². The Balaban J connectivity index is 2.13. The zero-order valence-corrected chi connectivity index (χ0v) is 12.0. The van der Waals surface area contributed by atoms with Gasteiger partial charge in [0.25, 0.3) is 0 Å². The average Bonchev–Trinajstić information content (AvgIpc) is 2.54. The van der Waals surface area contributed by atoms with Gasteiger partial charge >= 0.3 is 5.97 Å². The second kappa shape index (κ2) is 5.53. The summed E-state index contributed by atoms with van der Waals surface area (Å²) in [5, 5.41) is 10.6. The van der Waals surface area contributed by atoms with Gasteiger partial charge in [0.05, 0.1) is 6.10 Å². The second-order valence-electron chi connectivity index (χ2n) is 4.86. The van der Waals surface area contributed by atoms with E-state index in [2.05, 4.69) is 0 Å². The average molecular weight is 282 g/mol. The molecule has 19 heavy (non-hydrogen) atoms. The van der Waals surface area contributed by atoms with Crippen molar-refractivity contribution in [3.63, 3.8) is 0 Å². The molecule has 5 heteroatoms. The lowest BCUT2D eigenvalue weighted by Crippen LogP contribution is -2.46. The number of thioether (sulfide) groups is 1. The molecule has 0 saturated carbocycles. The molecule has 1 aliphatic heterocycles. The van der Waals surface area contributed by atoms with E-state index < -0.39 is 23.1 Å². The summed E-state index contributed by atoms with van der Waals surface area (Å²) >= 11 is 1.43. The van der Waals surface area contributed by atoms with Crippen LogP contribution in [0.2, 0.25) is 0 Å². The number of ether oxygens (including phenoxy) is 2. The highest BCUT2D eigenvalue weighted by Crippen LogP contribution is 2.41. The molecule has 1 saturated heterocycles. The van der Waals surface area contributed by atoms with Gasteiger partial charge in [-0.2, -0.15) is 0 Å². The van der Waals surface area contributed by atoms with E-state index >= 15 is 0 Å². The quantitative estimate of drug-likeness (QED) is 0.861. The van der Waals surface area contributed by atoms with E-state index in [0.29, 0.717) is 0 Å². The van der Waals surface area contributed by atoms with Gasteiger partial charge in [0, 0.05) is 11.8 Å². The number of carbonyl (C=O) groups excluding carboxylic acids is 1. The van der Waals surface area contributed by atoms with Crippen LogP contribution in [0.25, 0.3) is 0 Å². The van der Waals surface area contributed by atoms with Crippen molar-refractivity contribution in [2.24, 2.45) is 0 Å². The number of rotatable bonds is 3. The third-order valence-corrected chi connectivity index (χ3v) is 4.44. The van der Waals surface area contributed by atoms with Gasteiger partial charge in [-0.3, -0.25) is 4.79 Å². The molecule has 0 radical (unpaired) electrons. The molecule has 1 aromatic carbocycles. The van der Waals surface area contributed by atoms with Gasteiger partial charge in [-0.25, -0.2) is 0 Å². The van der Waals surface area contributed by atoms with Gasteiger partial charge in [-0.15, -0.1) is 0 Å². The Morgan fingerprint density at radius 3 is 2.63 bits per heavy atom. The van der Waals surface area contributed by atoms with Gasteiger partial charge < -0.3 is 14.6 Å². The molecule has 2 rings (SSSR count). The highest BCUT2D eigenvalue weighted by molar-refractivity contribution is 7.99. The number of carbonyl (C=O) groups is 1. The van der Waals surface area contributed by atoms with Gasteiger partial charge in [0.1, 0.15) is 11.0 Å². The molecule has 0 aliphatic carbocycles. The summed E-state index contributed by atoms with van der Waals surface area (Å²) in [7, 11) is 0. The van der Waals surface area contributed by atoms with Crippen molar-refractivity contribution in [3.05, 3.63) is 30.3 Å². The molecule has 4 unspecified atom stereocenters. The lowest BCUT2D eigenvalue weighted by molar-refractivity contribution is -0.158. The molecular formula is C14H18O4S. The maximum Gasteiger partial charge on any atom is 0.303 e. The summed E-state index contributed by atoms with van der Waals surface area (Å²) in [6.45, 7) is 4.78. The van der Waals surface area contributed by atoms with Crippen LogP contribution in [0.4, 0.5) is 0 Å². The first-order valence-electron chi connectivity index (χ1n) is 6.18. The molecule has 0 amide bonds. The van der Waals surface area contributed by atoms with Crippen molar-refractivity contribution < 1.29 is 19.4 Å². The zero-order valence-electron chi connectivity index (χ0n) is 11.2. The monoisotopic (exact) mass is 282 g/mol. The molecular weight excluding hydrogens is 264 g/mol. The van der Waals surface area contributed by atoms with E-state index in [-0.39, 0.29) is 6.10 Å². The minimum atomic E-state index is -1.22. The molecule has 104 valence electrons. The third kappa shape index (κ3) is 3.11. The van der Waals surface area contributed by atoms with Crippen LogP contribution in [-0.4, -0.2) is 34.3 Å². The fourth-order valence-electron chi connectivity index (χ4n) is 2.18. The van der Waals surface area contributed by atoms with Crippen LogP contribution in [0, 0.1) is 0 Å². The number of esters is 1. The molecule has 1 aliphatic rings. The van der Waals surface area contributed by atoms with Crippen molar-refractivity contribution in [2.45, 2.75) is 48.9 Å². The Hall–Kier alpha value is -1.04. The number of aliphatic hydroxyl groups is 1. The van der Waals surface area contributed by atoms with Crippen LogP contribution < -0.4 is 0 Å². The third-order valence-electron chi connectivity index (χ3n) is 3.10. The highest BCUT2D eigenvalue weighted by atomic mass is 32.2. The predicted molar refractivity (Wildman–Crippen MR) is 72.8 cm³/mol. The molecule has 4 nitrogen and oxygen atoms in total. The largest absolute Gasteiger partial charge is 0.457 e. The Morgan fingerprint density at radius 1 is 1.42 bits per heavy atom. The van der Waals surface area contributed by atoms with Crippen molar-refractivity contribution in [2.75, 3.05) is 0 Å². The van der Waals surface area contributed by atoms with E-state index in [0.717, 1.165) is 4.90 Å². The maximum absolute atomic E-state index is 11.1. The Kier molecular flexibility index (Phi) is 4.18. The summed E-state index contributed by atoms with van der Waals surface area (Å²) in [4.78, 5) is 12.1. The van der Waals surface area contributed by atoms with Gasteiger partial charge in [-0.05, 0) is 26.0 Å². The van der Waals surface area contributed by atoms with Crippen LogP contribution in [-0.2, 0) is 14.3 Å². The molecule has 0 spiro atoms. The first kappa shape index (κ1) is 14.4. The number of hydrogen-bond acceptors (Lipinski definition) is 5. The lowest BCUT2D eigenvalue weighted by Gasteiger charge is -2.28. The predicted octanol–water partition coefficient (Wildman–Crippen LogP) is 2.21. The minimum absolute atomic E-state index is 0.333. The SMILES string of the molecule is CC(=O)OC1C(C)OC(Sc2ccccc2)C1(C)O. The van der Waals surface area contributed by atoms with E-state index in [1.54, 1.807) is 13.8 Å². The summed E-state index contributed by atoms with van der Waals surface area (Å²) in [6.07, 6.45) is -0.980. The topological polar surface area (TPSA) is 55.8 Å². The van der Waals surface area contributed by atoms with Gasteiger partial charge in [0.2, 0.25) is 0 Å². The summed E-state index contributed by atoms with van der Waals surface area (Å²) in [5.41, 5.74) is -1.68. The minimum Gasteiger partial charge on any atom is -0.457 e. The maximum atomic E-state index is 11.1. The van der Waals surface area contributed by atoms with Crippen molar-refractivity contribution in [1.29, 1.82) is 0 Å². The van der Waals surface area contributed by atoms with Crippen LogP contribution in [0.1, 0.15) is 20.8 Å². The molecule has 0 aromatic heterocycles. The number of benzene rings is 1. The smallest absolute Gasteiger partial charge is 0.303 e. The van der Waals surface area contributed by atoms with Gasteiger partial charge in [-0.1, -0.05) is 30.0 Å². The zero-order chi connectivity index (χ0) is 14.0. The molecule has 1 heterocycles. The second-order valence-corrected chi connectivity index (χ2v) is 6.00. The summed E-state index contributed by atoms with van der Waals surface area (Å²) < 4.78 is 10.9. The fraction of sp³-hybridized carbons (Fsp3) is 0.500. The van der Waals surface area contributed by atoms with E-state index in [9.17, 15) is 9.90 Å². The molecule has 1 N–H and O–H groups in total. The van der Waals surface area contributed by atoms with Crippen molar-refractivity contribution in [3.8, 4) is 0 Å². The first-order valence-corrected chi connectivity index (χ1v) is 7.06. The summed E-state index contributed by atoms with van der Waals surface area (Å²) in [6, 6.07) is 9.70. The molecule has 1 fully saturated rings. The Morgan fingerprint density at radius 2 is 2.05 bits per heavy atom. The van der Waals surface area contributed by atoms with Crippen LogP contribution in [0.15, 0.2) is 35.2 Å². The lowest BCUT2D eigenvalue weighted by atomic mass is 9.99. The van der Waals surface area contributed by atoms with E-state index in [1.807, 2.05) is 30.3 Å². The Labute approximate surface area is 117 Å². The standard InChI is InChI=1S/C14H18O4S/c1-9-12(18-10(2)15)14(3,16)13(17-9)19-11-7-5-4-6-8-11/h4-9,12-13,16H,1-3H3. The van der Waals surface area contributed by atoms with E-state index in [4.69, 9.17) is 9.47 Å². The molecule has 1 aromatic rings.